The molecule has 1 unspecified atom stereocenters. The van der Waals surface area contributed by atoms with Crippen LogP contribution in [0.5, 0.6) is 0 Å². The summed E-state index contributed by atoms with van der Waals surface area (Å²) >= 11 is 0. The van der Waals surface area contributed by atoms with Crippen molar-refractivity contribution in [3.63, 3.8) is 0 Å². The number of carbonyl (C=O) groups is 3. The molecule has 1 aliphatic carbocycles. The van der Waals surface area contributed by atoms with Gasteiger partial charge in [-0.25, -0.2) is 9.59 Å². The highest BCUT2D eigenvalue weighted by molar-refractivity contribution is 5.92. The van der Waals surface area contributed by atoms with Gasteiger partial charge in [-0.3, -0.25) is 4.79 Å². The van der Waals surface area contributed by atoms with E-state index in [1.54, 1.807) is 0 Å². The van der Waals surface area contributed by atoms with Crippen LogP contribution < -0.4 is 16.0 Å². The van der Waals surface area contributed by atoms with E-state index >= 15 is 0 Å². The minimum Gasteiger partial charge on any atom is -0.479 e. The molecule has 1 aliphatic rings. The summed E-state index contributed by atoms with van der Waals surface area (Å²) in [5, 5.41) is 26.6. The summed E-state index contributed by atoms with van der Waals surface area (Å²) in [7, 11) is 0. The zero-order valence-corrected chi connectivity index (χ0v) is 14.7. The third-order valence-electron chi connectivity index (χ3n) is 4.59. The van der Waals surface area contributed by atoms with Crippen molar-refractivity contribution in [2.24, 2.45) is 0 Å². The molecule has 0 bridgehead atoms. The Balaban J connectivity index is 1.94. The first-order chi connectivity index (χ1) is 12.3. The van der Waals surface area contributed by atoms with Gasteiger partial charge in [0.25, 0.3) is 0 Å². The van der Waals surface area contributed by atoms with Gasteiger partial charge in [-0.2, -0.15) is 0 Å². The Morgan fingerprint density at radius 3 is 2.31 bits per heavy atom. The standard InChI is InChI=1S/C18H25N3O5/c1-17(26,15(23)24)12-20-14(22)18(9-5-6-10-18)21-16(25)19-11-13-7-3-2-4-8-13/h2-4,7-8,26H,5-6,9-12H2,1H3,(H,20,22)(H,23,24)(H2,19,21,25). The number of benzene rings is 1. The summed E-state index contributed by atoms with van der Waals surface area (Å²) in [6, 6.07) is 8.92. The molecule has 1 fully saturated rings. The van der Waals surface area contributed by atoms with E-state index in [0.717, 1.165) is 25.3 Å². The second kappa shape index (κ2) is 8.18. The van der Waals surface area contributed by atoms with Gasteiger partial charge in [0.2, 0.25) is 5.91 Å². The van der Waals surface area contributed by atoms with Crippen LogP contribution in [0.15, 0.2) is 30.3 Å². The second-order valence-electron chi connectivity index (χ2n) is 6.84. The zero-order chi connectivity index (χ0) is 19.2. The molecule has 26 heavy (non-hydrogen) atoms. The van der Waals surface area contributed by atoms with Crippen molar-refractivity contribution in [1.29, 1.82) is 0 Å². The zero-order valence-electron chi connectivity index (χ0n) is 14.7. The van der Waals surface area contributed by atoms with Crippen LogP contribution in [0, 0.1) is 0 Å². The Morgan fingerprint density at radius 2 is 1.73 bits per heavy atom. The first-order valence-corrected chi connectivity index (χ1v) is 8.59. The monoisotopic (exact) mass is 363 g/mol. The molecule has 0 heterocycles. The van der Waals surface area contributed by atoms with Gasteiger partial charge in [0.15, 0.2) is 5.60 Å². The number of amides is 3. The van der Waals surface area contributed by atoms with Crippen LogP contribution in [0.2, 0.25) is 0 Å². The van der Waals surface area contributed by atoms with Gasteiger partial charge in [0.1, 0.15) is 5.54 Å². The molecule has 0 saturated heterocycles. The Kier molecular flexibility index (Phi) is 6.20. The van der Waals surface area contributed by atoms with Crippen molar-refractivity contribution >= 4 is 17.9 Å². The molecule has 8 heteroatoms. The molecule has 1 aromatic carbocycles. The minimum absolute atomic E-state index is 0.331. The van der Waals surface area contributed by atoms with E-state index in [-0.39, 0.29) is 0 Å². The predicted octanol–water partition coefficient (Wildman–Crippen LogP) is 0.750. The lowest BCUT2D eigenvalue weighted by atomic mass is 9.95. The van der Waals surface area contributed by atoms with Crippen molar-refractivity contribution in [2.75, 3.05) is 6.54 Å². The van der Waals surface area contributed by atoms with Gasteiger partial charge in [0, 0.05) is 6.54 Å². The lowest BCUT2D eigenvalue weighted by Crippen LogP contribution is -2.61. The van der Waals surface area contributed by atoms with E-state index in [9.17, 15) is 19.5 Å². The number of aliphatic carboxylic acids is 1. The number of urea groups is 1. The van der Waals surface area contributed by atoms with Crippen LogP contribution in [0.3, 0.4) is 0 Å². The van der Waals surface area contributed by atoms with Crippen LogP contribution >= 0.6 is 0 Å². The molecule has 1 saturated carbocycles. The smallest absolute Gasteiger partial charge is 0.337 e. The second-order valence-corrected chi connectivity index (χ2v) is 6.84. The molecular weight excluding hydrogens is 338 g/mol. The highest BCUT2D eigenvalue weighted by Gasteiger charge is 2.43. The van der Waals surface area contributed by atoms with E-state index in [4.69, 9.17) is 5.11 Å². The Morgan fingerprint density at radius 1 is 1.12 bits per heavy atom. The van der Waals surface area contributed by atoms with Gasteiger partial charge in [-0.15, -0.1) is 0 Å². The van der Waals surface area contributed by atoms with Crippen molar-refractivity contribution in [1.82, 2.24) is 16.0 Å². The molecular formula is C18H25N3O5. The maximum Gasteiger partial charge on any atom is 0.337 e. The summed E-state index contributed by atoms with van der Waals surface area (Å²) < 4.78 is 0. The van der Waals surface area contributed by atoms with Crippen LogP contribution in [0.25, 0.3) is 0 Å². The lowest BCUT2D eigenvalue weighted by Gasteiger charge is -2.30. The maximum absolute atomic E-state index is 12.6. The van der Waals surface area contributed by atoms with Gasteiger partial charge < -0.3 is 26.2 Å². The van der Waals surface area contributed by atoms with E-state index in [0.29, 0.717) is 19.4 Å². The number of aliphatic hydroxyl groups is 1. The quantitative estimate of drug-likeness (QED) is 0.488. The maximum atomic E-state index is 12.6. The molecule has 1 aromatic rings. The normalized spacial score (nSPS) is 17.8. The summed E-state index contributed by atoms with van der Waals surface area (Å²) in [4.78, 5) is 35.8. The van der Waals surface area contributed by atoms with Gasteiger partial charge in [-0.1, -0.05) is 43.2 Å². The average Bonchev–Trinajstić information content (AvgIpc) is 3.08. The summed E-state index contributed by atoms with van der Waals surface area (Å²) in [5.41, 5.74) is -2.22. The number of carboxylic acids is 1. The van der Waals surface area contributed by atoms with Crippen LogP contribution in [-0.4, -0.2) is 45.8 Å². The molecule has 0 spiro atoms. The van der Waals surface area contributed by atoms with E-state index in [2.05, 4.69) is 16.0 Å². The average molecular weight is 363 g/mol. The summed E-state index contributed by atoms with van der Waals surface area (Å²) in [5.74, 6) is -1.90. The highest BCUT2D eigenvalue weighted by atomic mass is 16.4. The molecule has 0 aliphatic heterocycles. The fourth-order valence-electron chi connectivity index (χ4n) is 2.92. The lowest BCUT2D eigenvalue weighted by molar-refractivity contribution is -0.156. The number of hydrogen-bond acceptors (Lipinski definition) is 4. The van der Waals surface area contributed by atoms with Crippen molar-refractivity contribution in [3.05, 3.63) is 35.9 Å². The first kappa shape index (κ1) is 19.7. The highest BCUT2D eigenvalue weighted by Crippen LogP contribution is 2.30. The fourth-order valence-corrected chi connectivity index (χ4v) is 2.92. The Labute approximate surface area is 152 Å². The molecule has 0 aromatic heterocycles. The fraction of sp³-hybridized carbons (Fsp3) is 0.500. The summed E-state index contributed by atoms with van der Waals surface area (Å²) in [6.45, 7) is 1.01. The van der Waals surface area contributed by atoms with Gasteiger partial charge >= 0.3 is 12.0 Å². The number of hydrogen-bond donors (Lipinski definition) is 5. The van der Waals surface area contributed by atoms with E-state index in [1.165, 1.54) is 0 Å². The van der Waals surface area contributed by atoms with E-state index < -0.39 is 35.6 Å². The molecule has 8 nitrogen and oxygen atoms in total. The predicted molar refractivity (Wildman–Crippen MR) is 94.3 cm³/mol. The van der Waals surface area contributed by atoms with Gasteiger partial charge in [-0.05, 0) is 25.3 Å². The van der Waals surface area contributed by atoms with Crippen LogP contribution in [0.4, 0.5) is 4.79 Å². The molecule has 5 N–H and O–H groups in total. The molecule has 2 rings (SSSR count). The molecule has 3 amide bonds. The summed E-state index contributed by atoms with van der Waals surface area (Å²) in [6.07, 6.45) is 2.49. The van der Waals surface area contributed by atoms with E-state index in [1.807, 2.05) is 30.3 Å². The van der Waals surface area contributed by atoms with Crippen LogP contribution in [-0.2, 0) is 16.1 Å². The SMILES string of the molecule is CC(O)(CNC(=O)C1(NC(=O)NCc2ccccc2)CCCC1)C(=O)O. The van der Waals surface area contributed by atoms with Crippen molar-refractivity contribution < 1.29 is 24.6 Å². The number of nitrogens with one attached hydrogen (secondary N) is 3. The van der Waals surface area contributed by atoms with Crippen molar-refractivity contribution in [3.8, 4) is 0 Å². The Hall–Kier alpha value is -2.61. The number of rotatable bonds is 7. The largest absolute Gasteiger partial charge is 0.479 e. The topological polar surface area (TPSA) is 128 Å². The molecule has 0 radical (unpaired) electrons. The molecule has 1 atom stereocenters. The van der Waals surface area contributed by atoms with Gasteiger partial charge in [0.05, 0.1) is 6.54 Å². The van der Waals surface area contributed by atoms with Crippen molar-refractivity contribution in [2.45, 2.75) is 50.3 Å². The van der Waals surface area contributed by atoms with Crippen LogP contribution in [0.1, 0.15) is 38.2 Å². The third kappa shape index (κ3) is 4.95. The number of carboxylic acid groups (broad SMARTS) is 1. The molecule has 142 valence electrons. The first-order valence-electron chi connectivity index (χ1n) is 8.59. The Bertz CT molecular complexity index is 654. The minimum atomic E-state index is -2.06. The number of carbonyl (C=O) groups excluding carboxylic acids is 2. The third-order valence-corrected chi connectivity index (χ3v) is 4.59.